The van der Waals surface area contributed by atoms with Crippen molar-refractivity contribution >= 4 is 15.9 Å². The molecule has 20 heavy (non-hydrogen) atoms. The Morgan fingerprint density at radius 2 is 2.00 bits per heavy atom. The van der Waals surface area contributed by atoms with Crippen LogP contribution in [0.3, 0.4) is 0 Å². The number of ether oxygens (including phenoxy) is 2. The molecular formula is C14H15BrN2O3. The van der Waals surface area contributed by atoms with Crippen LogP contribution in [0.15, 0.2) is 33.5 Å². The van der Waals surface area contributed by atoms with E-state index in [1.54, 1.807) is 14.2 Å². The topological polar surface area (TPSA) is 64.2 Å². The van der Waals surface area contributed by atoms with E-state index in [1.807, 2.05) is 24.3 Å². The van der Waals surface area contributed by atoms with Gasteiger partial charge in [-0.15, -0.1) is 0 Å². The van der Waals surface area contributed by atoms with Crippen LogP contribution in [0.25, 0.3) is 11.4 Å². The molecule has 0 bridgehead atoms. The molecule has 1 heterocycles. The van der Waals surface area contributed by atoms with Crippen LogP contribution in [0.5, 0.6) is 0 Å². The first kappa shape index (κ1) is 14.9. The molecule has 0 radical (unpaired) electrons. The lowest BCUT2D eigenvalue weighted by molar-refractivity contribution is 0.180. The molecule has 0 unspecified atom stereocenters. The summed E-state index contributed by atoms with van der Waals surface area (Å²) < 4.78 is 10.6. The molecule has 1 aromatic carbocycles. The summed E-state index contributed by atoms with van der Waals surface area (Å²) in [6, 6.07) is 7.69. The van der Waals surface area contributed by atoms with Crippen molar-refractivity contribution < 1.29 is 9.47 Å². The molecule has 2 rings (SSSR count). The quantitative estimate of drug-likeness (QED) is 0.909. The predicted octanol–water partition coefficient (Wildman–Crippen LogP) is 2.49. The smallest absolute Gasteiger partial charge is 0.265 e. The van der Waals surface area contributed by atoms with Crippen molar-refractivity contribution in [2.24, 2.45) is 0 Å². The van der Waals surface area contributed by atoms with Gasteiger partial charge in [0.05, 0.1) is 18.9 Å². The molecule has 0 spiro atoms. The maximum atomic E-state index is 11.9. The highest BCUT2D eigenvalue weighted by Crippen LogP contribution is 2.19. The minimum atomic E-state index is -0.223. The van der Waals surface area contributed by atoms with E-state index in [1.165, 1.54) is 0 Å². The SMILES string of the molecule is COCc1cccc(-c2nc(COC)c(Br)c(=O)[nH]2)c1. The number of aromatic amines is 1. The van der Waals surface area contributed by atoms with Gasteiger partial charge in [-0.3, -0.25) is 4.79 Å². The van der Waals surface area contributed by atoms with Gasteiger partial charge in [-0.2, -0.15) is 0 Å². The average molecular weight is 339 g/mol. The predicted molar refractivity (Wildman–Crippen MR) is 79.4 cm³/mol. The standard InChI is InChI=1S/C14H15BrN2O3/c1-19-7-9-4-3-5-10(6-9)13-16-11(8-20-2)12(15)14(18)17-13/h3-6H,7-8H2,1-2H3,(H,16,17,18). The van der Waals surface area contributed by atoms with Crippen molar-refractivity contribution in [2.75, 3.05) is 14.2 Å². The summed E-state index contributed by atoms with van der Waals surface area (Å²) >= 11 is 3.22. The highest BCUT2D eigenvalue weighted by atomic mass is 79.9. The molecule has 1 aromatic heterocycles. The van der Waals surface area contributed by atoms with Crippen LogP contribution in [0.4, 0.5) is 0 Å². The zero-order valence-electron chi connectivity index (χ0n) is 11.3. The fourth-order valence-electron chi connectivity index (χ4n) is 1.85. The van der Waals surface area contributed by atoms with Gasteiger partial charge in [-0.1, -0.05) is 18.2 Å². The van der Waals surface area contributed by atoms with Gasteiger partial charge < -0.3 is 14.5 Å². The first-order valence-electron chi connectivity index (χ1n) is 6.01. The fraction of sp³-hybridized carbons (Fsp3) is 0.286. The molecule has 0 aliphatic carbocycles. The van der Waals surface area contributed by atoms with Gasteiger partial charge in [-0.05, 0) is 27.6 Å². The van der Waals surface area contributed by atoms with E-state index in [0.29, 0.717) is 22.6 Å². The number of nitrogens with one attached hydrogen (secondary N) is 1. The van der Waals surface area contributed by atoms with Gasteiger partial charge in [-0.25, -0.2) is 4.98 Å². The third-order valence-electron chi connectivity index (χ3n) is 2.72. The summed E-state index contributed by atoms with van der Waals surface area (Å²) in [5.41, 5.74) is 2.20. The minimum Gasteiger partial charge on any atom is -0.380 e. The summed E-state index contributed by atoms with van der Waals surface area (Å²) in [7, 11) is 3.21. The number of rotatable bonds is 5. The summed E-state index contributed by atoms with van der Waals surface area (Å²) in [6.45, 7) is 0.787. The van der Waals surface area contributed by atoms with E-state index < -0.39 is 0 Å². The van der Waals surface area contributed by atoms with Crippen LogP contribution in [0.2, 0.25) is 0 Å². The summed E-state index contributed by atoms with van der Waals surface area (Å²) in [5, 5.41) is 0. The van der Waals surface area contributed by atoms with Crippen molar-refractivity contribution in [1.29, 1.82) is 0 Å². The highest BCUT2D eigenvalue weighted by molar-refractivity contribution is 9.10. The molecule has 6 heteroatoms. The second-order valence-electron chi connectivity index (χ2n) is 4.24. The third kappa shape index (κ3) is 3.33. The zero-order valence-corrected chi connectivity index (χ0v) is 12.9. The fourth-order valence-corrected chi connectivity index (χ4v) is 2.15. The third-order valence-corrected chi connectivity index (χ3v) is 3.54. The zero-order chi connectivity index (χ0) is 14.5. The van der Waals surface area contributed by atoms with Crippen LogP contribution in [-0.4, -0.2) is 24.2 Å². The number of hydrogen-bond acceptors (Lipinski definition) is 4. The highest BCUT2D eigenvalue weighted by Gasteiger charge is 2.10. The van der Waals surface area contributed by atoms with Gasteiger partial charge in [0, 0.05) is 19.8 Å². The Labute approximate surface area is 125 Å². The van der Waals surface area contributed by atoms with Gasteiger partial charge in [0.2, 0.25) is 0 Å². The number of methoxy groups -OCH3 is 2. The Hall–Kier alpha value is -1.50. The molecule has 0 amide bonds. The summed E-state index contributed by atoms with van der Waals surface area (Å²) in [5.74, 6) is 0.517. The monoisotopic (exact) mass is 338 g/mol. The molecule has 0 saturated heterocycles. The summed E-state index contributed by atoms with van der Waals surface area (Å²) in [6.07, 6.45) is 0. The summed E-state index contributed by atoms with van der Waals surface area (Å²) in [4.78, 5) is 19.1. The average Bonchev–Trinajstić information content (AvgIpc) is 2.44. The van der Waals surface area contributed by atoms with Crippen molar-refractivity contribution in [2.45, 2.75) is 13.2 Å². The molecule has 5 nitrogen and oxygen atoms in total. The Kier molecular flexibility index (Phi) is 5.05. The number of aromatic nitrogens is 2. The Bertz CT molecular complexity index is 655. The molecule has 106 valence electrons. The van der Waals surface area contributed by atoms with E-state index in [4.69, 9.17) is 9.47 Å². The lowest BCUT2D eigenvalue weighted by atomic mass is 10.1. The second-order valence-corrected chi connectivity index (χ2v) is 5.03. The number of benzene rings is 1. The molecule has 0 aliphatic rings. The van der Waals surface area contributed by atoms with Crippen LogP contribution in [0, 0.1) is 0 Å². The number of halogens is 1. The van der Waals surface area contributed by atoms with E-state index in [0.717, 1.165) is 11.1 Å². The van der Waals surface area contributed by atoms with E-state index in [2.05, 4.69) is 25.9 Å². The van der Waals surface area contributed by atoms with Gasteiger partial charge in [0.25, 0.3) is 5.56 Å². The van der Waals surface area contributed by atoms with Crippen LogP contribution in [0.1, 0.15) is 11.3 Å². The van der Waals surface area contributed by atoms with E-state index >= 15 is 0 Å². The first-order chi connectivity index (χ1) is 9.65. The normalized spacial score (nSPS) is 10.8. The Morgan fingerprint density at radius 1 is 1.25 bits per heavy atom. The maximum absolute atomic E-state index is 11.9. The lowest BCUT2D eigenvalue weighted by Gasteiger charge is -2.07. The first-order valence-corrected chi connectivity index (χ1v) is 6.81. The Balaban J connectivity index is 2.47. The molecule has 0 aliphatic heterocycles. The Morgan fingerprint density at radius 3 is 2.70 bits per heavy atom. The van der Waals surface area contributed by atoms with Gasteiger partial charge >= 0.3 is 0 Å². The minimum absolute atomic E-state index is 0.223. The van der Waals surface area contributed by atoms with Crippen LogP contribution >= 0.6 is 15.9 Å². The van der Waals surface area contributed by atoms with E-state index in [9.17, 15) is 4.79 Å². The largest absolute Gasteiger partial charge is 0.380 e. The lowest BCUT2D eigenvalue weighted by Crippen LogP contribution is -2.14. The van der Waals surface area contributed by atoms with Crippen molar-refractivity contribution in [3.05, 3.63) is 50.3 Å². The van der Waals surface area contributed by atoms with Gasteiger partial charge in [0.1, 0.15) is 10.3 Å². The van der Waals surface area contributed by atoms with Crippen LogP contribution < -0.4 is 5.56 Å². The van der Waals surface area contributed by atoms with Crippen molar-refractivity contribution in [1.82, 2.24) is 9.97 Å². The van der Waals surface area contributed by atoms with Crippen molar-refractivity contribution in [3.63, 3.8) is 0 Å². The van der Waals surface area contributed by atoms with Crippen LogP contribution in [-0.2, 0) is 22.7 Å². The number of nitrogens with zero attached hydrogens (tertiary/aromatic N) is 1. The maximum Gasteiger partial charge on any atom is 0.265 e. The molecule has 0 fully saturated rings. The molecule has 1 N–H and O–H groups in total. The second kappa shape index (κ2) is 6.78. The van der Waals surface area contributed by atoms with Gasteiger partial charge in [0.15, 0.2) is 0 Å². The molecule has 0 saturated carbocycles. The van der Waals surface area contributed by atoms with Crippen molar-refractivity contribution in [3.8, 4) is 11.4 Å². The molecule has 2 aromatic rings. The molecule has 0 atom stereocenters. The molecular weight excluding hydrogens is 324 g/mol. The van der Waals surface area contributed by atoms with E-state index in [-0.39, 0.29) is 12.2 Å². The number of hydrogen-bond donors (Lipinski definition) is 1. The number of H-pyrrole nitrogens is 1.